The maximum Gasteiger partial charge on any atom is 0.389 e. The van der Waals surface area contributed by atoms with Gasteiger partial charge in [-0.25, -0.2) is 14.1 Å². The Morgan fingerprint density at radius 2 is 1.52 bits per heavy atom. The number of carbonyl (C=O) groups excluding carboxylic acids is 1. The second-order valence-corrected chi connectivity index (χ2v) is 6.51. The number of unbranched alkanes of at least 4 members (excludes halogenated alkanes) is 2. The average Bonchev–Trinajstić information content (AvgIpc) is 2.76. The highest BCUT2D eigenvalue weighted by atomic mass is 19.4. The van der Waals surface area contributed by atoms with E-state index in [4.69, 9.17) is 9.47 Å². The van der Waals surface area contributed by atoms with Gasteiger partial charge in [0.25, 0.3) is 0 Å². The fraction of sp³-hybridized carbons (Fsp3) is 0.318. The van der Waals surface area contributed by atoms with Gasteiger partial charge in [0.2, 0.25) is 0 Å². The first-order valence-electron chi connectivity index (χ1n) is 9.49. The van der Waals surface area contributed by atoms with E-state index >= 15 is 0 Å². The van der Waals surface area contributed by atoms with Crippen LogP contribution < -0.4 is 9.47 Å². The van der Waals surface area contributed by atoms with E-state index in [2.05, 4.69) is 4.94 Å². The molecular weight excluding hydrogens is 423 g/mol. The Kier molecular flexibility index (Phi) is 9.30. The van der Waals surface area contributed by atoms with Gasteiger partial charge in [-0.3, -0.25) is 0 Å². The minimum Gasteiger partial charge on any atom is -0.494 e. The summed E-state index contributed by atoms with van der Waals surface area (Å²) in [7, 11) is 0. The summed E-state index contributed by atoms with van der Waals surface area (Å²) in [6, 6.07) is 13.8. The lowest BCUT2D eigenvalue weighted by Gasteiger charge is -2.13. The number of carbonyl (C=O) groups is 1. The molecule has 0 spiro atoms. The molecule has 0 aliphatic rings. The Bertz CT molecular complexity index is 848. The molecule has 0 N–H and O–H groups in total. The summed E-state index contributed by atoms with van der Waals surface area (Å²) in [5, 5.41) is 0. The van der Waals surface area contributed by atoms with Gasteiger partial charge in [0, 0.05) is 10.9 Å². The van der Waals surface area contributed by atoms with Gasteiger partial charge >= 0.3 is 12.1 Å². The van der Waals surface area contributed by atoms with Crippen molar-refractivity contribution in [3.8, 4) is 11.5 Å². The van der Waals surface area contributed by atoms with Crippen molar-refractivity contribution in [2.45, 2.75) is 31.9 Å². The normalized spacial score (nSPS) is 12.2. The van der Waals surface area contributed by atoms with Gasteiger partial charge in [-0.1, -0.05) is 30.3 Å². The molecule has 0 aliphatic heterocycles. The van der Waals surface area contributed by atoms with Gasteiger partial charge in [-0.05, 0) is 49.1 Å². The summed E-state index contributed by atoms with van der Waals surface area (Å²) in [6.07, 6.45) is -4.06. The molecule has 168 valence electrons. The largest absolute Gasteiger partial charge is 0.494 e. The van der Waals surface area contributed by atoms with E-state index in [1.807, 2.05) is 0 Å². The van der Waals surface area contributed by atoms with Crippen molar-refractivity contribution in [1.29, 1.82) is 0 Å². The van der Waals surface area contributed by atoms with Crippen LogP contribution in [0, 0.1) is 0 Å². The quantitative estimate of drug-likeness (QED) is 0.175. The summed E-state index contributed by atoms with van der Waals surface area (Å²) in [5.41, 5.74) is -0.159. The van der Waals surface area contributed by atoms with Crippen LogP contribution in [-0.4, -0.2) is 25.4 Å². The standard InChI is InChI=1S/C22H21F5O4/c23-15-19(20(21(28)31-27)16-7-3-1-4-8-16)30-18-11-9-17(10-12-18)29-14-6-2-5-13-22(24,25)26/h1,3-4,7-12H,2,5-6,13-15H2. The third kappa shape index (κ3) is 8.27. The highest BCUT2D eigenvalue weighted by Gasteiger charge is 2.25. The lowest BCUT2D eigenvalue weighted by atomic mass is 10.1. The molecule has 0 unspecified atom stereocenters. The zero-order valence-electron chi connectivity index (χ0n) is 16.5. The molecule has 4 nitrogen and oxygen atoms in total. The number of ether oxygens (including phenoxy) is 2. The Morgan fingerprint density at radius 1 is 0.871 bits per heavy atom. The van der Waals surface area contributed by atoms with E-state index in [0.29, 0.717) is 18.6 Å². The second-order valence-electron chi connectivity index (χ2n) is 6.51. The first-order chi connectivity index (χ1) is 14.8. The van der Waals surface area contributed by atoms with Gasteiger partial charge in [0.15, 0.2) is 5.76 Å². The van der Waals surface area contributed by atoms with E-state index < -0.39 is 31.0 Å². The summed E-state index contributed by atoms with van der Waals surface area (Å²) >= 11 is 0. The van der Waals surface area contributed by atoms with Crippen LogP contribution in [0.1, 0.15) is 31.2 Å². The molecule has 0 fully saturated rings. The Labute approximate surface area is 176 Å². The summed E-state index contributed by atoms with van der Waals surface area (Å²) < 4.78 is 73.2. The number of rotatable bonds is 11. The summed E-state index contributed by atoms with van der Waals surface area (Å²) in [6.45, 7) is -0.941. The van der Waals surface area contributed by atoms with Crippen molar-refractivity contribution in [3.63, 3.8) is 0 Å². The molecule has 0 aliphatic carbocycles. The zero-order valence-corrected chi connectivity index (χ0v) is 16.5. The van der Waals surface area contributed by atoms with E-state index in [-0.39, 0.29) is 29.9 Å². The monoisotopic (exact) mass is 444 g/mol. The minimum absolute atomic E-state index is 0.0447. The fourth-order valence-electron chi connectivity index (χ4n) is 2.72. The van der Waals surface area contributed by atoms with Gasteiger partial charge in [0.05, 0.1) is 6.61 Å². The van der Waals surface area contributed by atoms with Crippen LogP contribution in [-0.2, 0) is 9.74 Å². The second kappa shape index (κ2) is 11.9. The SMILES string of the molecule is O=C(OF)C(=C(CF)Oc1ccc(OCCCCCC(F)(F)F)cc1)c1ccccc1. The summed E-state index contributed by atoms with van der Waals surface area (Å²) in [5.74, 6) is -1.19. The molecular formula is C22H21F5O4. The lowest BCUT2D eigenvalue weighted by molar-refractivity contribution is -0.175. The van der Waals surface area contributed by atoms with Gasteiger partial charge in [-0.15, -0.1) is 0 Å². The van der Waals surface area contributed by atoms with Crippen molar-refractivity contribution in [2.75, 3.05) is 13.3 Å². The van der Waals surface area contributed by atoms with Crippen LogP contribution in [0.3, 0.4) is 0 Å². The molecule has 2 aromatic rings. The molecule has 31 heavy (non-hydrogen) atoms. The highest BCUT2D eigenvalue weighted by molar-refractivity contribution is 6.17. The van der Waals surface area contributed by atoms with Crippen molar-refractivity contribution in [1.82, 2.24) is 0 Å². The van der Waals surface area contributed by atoms with E-state index in [0.717, 1.165) is 0 Å². The molecule has 9 heteroatoms. The zero-order chi connectivity index (χ0) is 22.7. The van der Waals surface area contributed by atoms with E-state index in [1.165, 1.54) is 36.4 Å². The molecule has 0 amide bonds. The van der Waals surface area contributed by atoms with Crippen LogP contribution >= 0.6 is 0 Å². The molecule has 0 saturated carbocycles. The minimum atomic E-state index is -4.15. The number of hydrogen-bond acceptors (Lipinski definition) is 4. The predicted octanol–water partition coefficient (Wildman–Crippen LogP) is 6.38. The van der Waals surface area contributed by atoms with Crippen LogP contribution in [0.15, 0.2) is 60.4 Å². The number of benzene rings is 2. The number of halogens is 5. The average molecular weight is 444 g/mol. The molecule has 2 aromatic carbocycles. The summed E-state index contributed by atoms with van der Waals surface area (Å²) in [4.78, 5) is 15.1. The van der Waals surface area contributed by atoms with Gasteiger partial charge < -0.3 is 9.47 Å². The lowest BCUT2D eigenvalue weighted by Crippen LogP contribution is -2.11. The van der Waals surface area contributed by atoms with E-state index in [1.54, 1.807) is 18.2 Å². The van der Waals surface area contributed by atoms with Crippen molar-refractivity contribution in [2.24, 2.45) is 0 Å². The smallest absolute Gasteiger partial charge is 0.389 e. The number of hydrogen-bond donors (Lipinski definition) is 0. The van der Waals surface area contributed by atoms with Gasteiger partial charge in [-0.2, -0.15) is 13.2 Å². The van der Waals surface area contributed by atoms with Crippen LogP contribution in [0.2, 0.25) is 0 Å². The van der Waals surface area contributed by atoms with Crippen LogP contribution in [0.25, 0.3) is 5.57 Å². The maximum absolute atomic E-state index is 13.6. The molecule has 0 atom stereocenters. The molecule has 0 aromatic heterocycles. The fourth-order valence-corrected chi connectivity index (χ4v) is 2.72. The van der Waals surface area contributed by atoms with Crippen molar-refractivity contribution in [3.05, 3.63) is 65.9 Å². The van der Waals surface area contributed by atoms with Crippen LogP contribution in [0.5, 0.6) is 11.5 Å². The predicted molar refractivity (Wildman–Crippen MR) is 104 cm³/mol. The Balaban J connectivity index is 1.98. The third-order valence-corrected chi connectivity index (χ3v) is 4.17. The first kappa shape index (κ1) is 24.2. The maximum atomic E-state index is 13.6. The topological polar surface area (TPSA) is 44.8 Å². The van der Waals surface area contributed by atoms with Crippen molar-refractivity contribution < 1.29 is 41.3 Å². The number of allylic oxidation sites excluding steroid dienone is 1. The molecule has 0 heterocycles. The van der Waals surface area contributed by atoms with Crippen LogP contribution in [0.4, 0.5) is 22.1 Å². The molecule has 0 saturated heterocycles. The third-order valence-electron chi connectivity index (χ3n) is 4.17. The molecule has 0 bridgehead atoms. The Hall–Kier alpha value is -3.10. The highest BCUT2D eigenvalue weighted by Crippen LogP contribution is 2.26. The Morgan fingerprint density at radius 3 is 2.10 bits per heavy atom. The van der Waals surface area contributed by atoms with Crippen molar-refractivity contribution >= 4 is 11.5 Å². The molecule has 2 rings (SSSR count). The van der Waals surface area contributed by atoms with Gasteiger partial charge in [0.1, 0.15) is 23.7 Å². The first-order valence-corrected chi connectivity index (χ1v) is 9.49. The van der Waals surface area contributed by atoms with E-state index in [9.17, 15) is 26.9 Å². The molecule has 0 radical (unpaired) electrons. The number of alkyl halides is 4.